The normalized spacial score (nSPS) is 13.9. The summed E-state index contributed by atoms with van der Waals surface area (Å²) in [6.07, 6.45) is 0. The van der Waals surface area contributed by atoms with E-state index in [2.05, 4.69) is 0 Å². The summed E-state index contributed by atoms with van der Waals surface area (Å²) in [6.45, 7) is 3.86. The molecule has 2 nitrogen and oxygen atoms in total. The van der Waals surface area contributed by atoms with Gasteiger partial charge in [-0.05, 0) is 43.2 Å². The van der Waals surface area contributed by atoms with Crippen molar-refractivity contribution in [3.63, 3.8) is 0 Å². The van der Waals surface area contributed by atoms with Crippen molar-refractivity contribution in [1.82, 2.24) is 0 Å². The number of methoxy groups -OCH3 is 1. The van der Waals surface area contributed by atoms with E-state index in [1.165, 1.54) is 12.1 Å². The van der Waals surface area contributed by atoms with Crippen molar-refractivity contribution in [2.24, 2.45) is 5.73 Å². The third-order valence-electron chi connectivity index (χ3n) is 3.43. The van der Waals surface area contributed by atoms with Crippen LogP contribution in [-0.4, -0.2) is 7.11 Å². The number of hydrogen-bond donors (Lipinski definition) is 1. The molecule has 100 valence electrons. The minimum absolute atomic E-state index is 0.318. The summed E-state index contributed by atoms with van der Waals surface area (Å²) in [5, 5.41) is 0. The van der Waals surface area contributed by atoms with Crippen LogP contribution in [0.5, 0.6) is 5.75 Å². The Morgan fingerprint density at radius 1 is 1.11 bits per heavy atom. The van der Waals surface area contributed by atoms with E-state index in [0.29, 0.717) is 11.3 Å². The summed E-state index contributed by atoms with van der Waals surface area (Å²) >= 11 is 0. The van der Waals surface area contributed by atoms with E-state index in [1.54, 1.807) is 13.2 Å². The summed E-state index contributed by atoms with van der Waals surface area (Å²) in [6, 6.07) is 12.2. The van der Waals surface area contributed by atoms with Crippen molar-refractivity contribution in [3.8, 4) is 5.75 Å². The molecule has 0 heterocycles. The van der Waals surface area contributed by atoms with Crippen LogP contribution in [0.15, 0.2) is 42.5 Å². The molecule has 0 aliphatic heterocycles. The predicted octanol–water partition coefficient (Wildman–Crippen LogP) is 3.36. The summed E-state index contributed by atoms with van der Waals surface area (Å²) in [7, 11) is 1.56. The van der Waals surface area contributed by atoms with Gasteiger partial charge in [-0.2, -0.15) is 0 Å². The van der Waals surface area contributed by atoms with Gasteiger partial charge in [-0.3, -0.25) is 0 Å². The number of nitrogens with two attached hydrogens (primary N) is 1. The highest BCUT2D eigenvalue weighted by Crippen LogP contribution is 2.35. The molecule has 1 unspecified atom stereocenters. The molecule has 2 rings (SSSR count). The second-order valence-corrected chi connectivity index (χ2v) is 4.86. The molecule has 2 aromatic rings. The number of benzene rings is 2. The van der Waals surface area contributed by atoms with Crippen LogP contribution < -0.4 is 10.5 Å². The van der Waals surface area contributed by atoms with Crippen molar-refractivity contribution in [1.29, 1.82) is 0 Å². The monoisotopic (exact) mass is 259 g/mol. The maximum atomic E-state index is 13.5. The average molecular weight is 259 g/mol. The van der Waals surface area contributed by atoms with Gasteiger partial charge >= 0.3 is 0 Å². The largest absolute Gasteiger partial charge is 0.496 e. The Bertz CT molecular complexity index is 593. The molecule has 3 heteroatoms. The van der Waals surface area contributed by atoms with Gasteiger partial charge in [0.1, 0.15) is 11.6 Å². The first kappa shape index (κ1) is 13.6. The molecule has 0 aromatic heterocycles. The molecule has 0 aliphatic carbocycles. The van der Waals surface area contributed by atoms with Crippen LogP contribution in [0, 0.1) is 12.7 Å². The molecule has 0 aliphatic rings. The summed E-state index contributed by atoms with van der Waals surface area (Å²) in [4.78, 5) is 0. The van der Waals surface area contributed by atoms with Crippen molar-refractivity contribution in [2.75, 3.05) is 7.11 Å². The number of rotatable bonds is 3. The molecule has 0 fully saturated rings. The van der Waals surface area contributed by atoms with Crippen LogP contribution in [0.4, 0.5) is 4.39 Å². The number of hydrogen-bond acceptors (Lipinski definition) is 2. The van der Waals surface area contributed by atoms with Gasteiger partial charge < -0.3 is 10.5 Å². The van der Waals surface area contributed by atoms with Crippen molar-refractivity contribution in [3.05, 3.63) is 65.0 Å². The van der Waals surface area contributed by atoms with E-state index in [9.17, 15) is 4.39 Å². The van der Waals surface area contributed by atoms with E-state index in [4.69, 9.17) is 10.5 Å². The Morgan fingerprint density at radius 3 is 2.42 bits per heavy atom. The third kappa shape index (κ3) is 2.47. The van der Waals surface area contributed by atoms with Gasteiger partial charge in [0.2, 0.25) is 0 Å². The molecule has 0 bridgehead atoms. The maximum absolute atomic E-state index is 13.5. The Labute approximate surface area is 113 Å². The minimum Gasteiger partial charge on any atom is -0.496 e. The second-order valence-electron chi connectivity index (χ2n) is 4.86. The third-order valence-corrected chi connectivity index (χ3v) is 3.43. The lowest BCUT2D eigenvalue weighted by molar-refractivity contribution is 0.396. The zero-order valence-electron chi connectivity index (χ0n) is 11.4. The Kier molecular flexibility index (Phi) is 3.58. The van der Waals surface area contributed by atoms with Gasteiger partial charge in [-0.25, -0.2) is 4.39 Å². The first-order chi connectivity index (χ1) is 8.96. The number of ether oxygens (including phenoxy) is 1. The van der Waals surface area contributed by atoms with Crippen LogP contribution in [0.2, 0.25) is 0 Å². The highest BCUT2D eigenvalue weighted by atomic mass is 19.1. The van der Waals surface area contributed by atoms with Crippen LogP contribution in [0.3, 0.4) is 0 Å². The Hall–Kier alpha value is -1.87. The average Bonchev–Trinajstić information content (AvgIpc) is 2.39. The second kappa shape index (κ2) is 5.02. The molecule has 0 amide bonds. The van der Waals surface area contributed by atoms with E-state index in [0.717, 1.165) is 11.1 Å². The Balaban J connectivity index is 2.62. The van der Waals surface area contributed by atoms with Crippen molar-refractivity contribution in [2.45, 2.75) is 19.4 Å². The topological polar surface area (TPSA) is 35.2 Å². The van der Waals surface area contributed by atoms with Gasteiger partial charge in [-0.1, -0.05) is 24.3 Å². The lowest BCUT2D eigenvalue weighted by Crippen LogP contribution is -2.35. The zero-order valence-corrected chi connectivity index (χ0v) is 11.4. The van der Waals surface area contributed by atoms with E-state index < -0.39 is 5.54 Å². The predicted molar refractivity (Wildman–Crippen MR) is 74.8 cm³/mol. The minimum atomic E-state index is -0.807. The number of aryl methyl sites for hydroxylation is 1. The fourth-order valence-electron chi connectivity index (χ4n) is 2.39. The van der Waals surface area contributed by atoms with Crippen LogP contribution >= 0.6 is 0 Å². The fraction of sp³-hybridized carbons (Fsp3) is 0.250. The van der Waals surface area contributed by atoms with E-state index >= 15 is 0 Å². The van der Waals surface area contributed by atoms with Gasteiger partial charge in [0.05, 0.1) is 12.6 Å². The Morgan fingerprint density at radius 2 is 1.79 bits per heavy atom. The molecule has 1 atom stereocenters. The van der Waals surface area contributed by atoms with Gasteiger partial charge in [0, 0.05) is 5.56 Å². The van der Waals surface area contributed by atoms with Gasteiger partial charge in [0.15, 0.2) is 0 Å². The molecule has 19 heavy (non-hydrogen) atoms. The van der Waals surface area contributed by atoms with Crippen molar-refractivity contribution >= 4 is 0 Å². The molecule has 0 saturated carbocycles. The zero-order chi connectivity index (χ0) is 14.0. The van der Waals surface area contributed by atoms with E-state index in [1.807, 2.05) is 38.1 Å². The summed E-state index contributed by atoms with van der Waals surface area (Å²) in [5.41, 5.74) is 8.32. The summed E-state index contributed by atoms with van der Waals surface area (Å²) in [5.74, 6) is 0.274. The van der Waals surface area contributed by atoms with Gasteiger partial charge in [0.25, 0.3) is 0 Å². The molecule has 0 radical (unpaired) electrons. The standard InChI is InChI=1S/C16H18FNO/c1-11-6-4-5-7-13(11)16(2,18)14-10-12(17)8-9-15(14)19-3/h4-10H,18H2,1-3H3. The molecule has 2 aromatic carbocycles. The first-order valence-electron chi connectivity index (χ1n) is 6.16. The van der Waals surface area contributed by atoms with Gasteiger partial charge in [-0.15, -0.1) is 0 Å². The van der Waals surface area contributed by atoms with E-state index in [-0.39, 0.29) is 5.82 Å². The summed E-state index contributed by atoms with van der Waals surface area (Å²) < 4.78 is 18.8. The first-order valence-corrected chi connectivity index (χ1v) is 6.16. The molecule has 0 saturated heterocycles. The van der Waals surface area contributed by atoms with Crippen molar-refractivity contribution < 1.29 is 9.13 Å². The lowest BCUT2D eigenvalue weighted by atomic mass is 9.83. The highest BCUT2D eigenvalue weighted by Gasteiger charge is 2.29. The van der Waals surface area contributed by atoms with Crippen LogP contribution in [-0.2, 0) is 5.54 Å². The molecule has 0 spiro atoms. The quantitative estimate of drug-likeness (QED) is 0.917. The van der Waals surface area contributed by atoms with Crippen LogP contribution in [0.25, 0.3) is 0 Å². The smallest absolute Gasteiger partial charge is 0.124 e. The highest BCUT2D eigenvalue weighted by molar-refractivity contribution is 5.47. The molecular formula is C16H18FNO. The SMILES string of the molecule is COc1ccc(F)cc1C(C)(N)c1ccccc1C. The molecular weight excluding hydrogens is 241 g/mol. The molecule has 2 N–H and O–H groups in total. The fourth-order valence-corrected chi connectivity index (χ4v) is 2.39. The number of halogens is 1. The lowest BCUT2D eigenvalue weighted by Gasteiger charge is -2.29. The van der Waals surface area contributed by atoms with Crippen LogP contribution in [0.1, 0.15) is 23.6 Å². The maximum Gasteiger partial charge on any atom is 0.124 e.